The van der Waals surface area contributed by atoms with E-state index in [1.807, 2.05) is 18.4 Å². The number of hydrogen-bond acceptors (Lipinski definition) is 4. The van der Waals surface area contributed by atoms with Crippen LogP contribution >= 0.6 is 47.1 Å². The Morgan fingerprint density at radius 2 is 2.04 bits per heavy atom. The second-order valence-electron chi connectivity index (χ2n) is 6.98. The van der Waals surface area contributed by atoms with E-state index in [0.29, 0.717) is 4.75 Å². The molecule has 0 aromatic carbocycles. The number of aromatic nitrogens is 1. The standard InChI is InChI=1S/C18H30N4S2.HI/c1-14-16(24-15(2)21-14)7-10-20-17(19-3)22-11-12-23-18(13-22)8-5-4-6-9-18;/h4-13H2,1-3H3,(H,19,20);1H. The predicted molar refractivity (Wildman–Crippen MR) is 122 cm³/mol. The van der Waals surface area contributed by atoms with Gasteiger partial charge in [-0.1, -0.05) is 19.3 Å². The van der Waals surface area contributed by atoms with Gasteiger partial charge < -0.3 is 10.2 Å². The fraction of sp³-hybridized carbons (Fsp3) is 0.778. The highest BCUT2D eigenvalue weighted by Crippen LogP contribution is 2.42. The fourth-order valence-corrected chi connectivity index (χ4v) is 6.46. The van der Waals surface area contributed by atoms with Crippen molar-refractivity contribution in [3.63, 3.8) is 0 Å². The topological polar surface area (TPSA) is 40.5 Å². The number of aryl methyl sites for hydroxylation is 2. The van der Waals surface area contributed by atoms with Gasteiger partial charge in [0.1, 0.15) is 0 Å². The van der Waals surface area contributed by atoms with E-state index < -0.39 is 0 Å². The van der Waals surface area contributed by atoms with Gasteiger partial charge in [-0.15, -0.1) is 35.3 Å². The summed E-state index contributed by atoms with van der Waals surface area (Å²) in [5.41, 5.74) is 1.19. The van der Waals surface area contributed by atoms with Crippen molar-refractivity contribution >= 4 is 53.0 Å². The van der Waals surface area contributed by atoms with Crippen molar-refractivity contribution in [3.05, 3.63) is 15.6 Å². The molecule has 1 N–H and O–H groups in total. The molecule has 1 aliphatic heterocycles. The summed E-state index contributed by atoms with van der Waals surface area (Å²) in [7, 11) is 1.92. The van der Waals surface area contributed by atoms with E-state index in [-0.39, 0.29) is 24.0 Å². The van der Waals surface area contributed by atoms with Gasteiger partial charge in [-0.3, -0.25) is 4.99 Å². The predicted octanol–water partition coefficient (Wildman–Crippen LogP) is 4.25. The zero-order valence-corrected chi connectivity index (χ0v) is 19.6. The molecule has 1 aliphatic carbocycles. The molecule has 2 aliphatic rings. The van der Waals surface area contributed by atoms with Gasteiger partial charge >= 0.3 is 0 Å². The number of hydrogen-bond donors (Lipinski definition) is 1. The smallest absolute Gasteiger partial charge is 0.193 e. The minimum absolute atomic E-state index is 0. The highest BCUT2D eigenvalue weighted by atomic mass is 127. The van der Waals surface area contributed by atoms with Crippen molar-refractivity contribution in [1.82, 2.24) is 15.2 Å². The lowest BCUT2D eigenvalue weighted by molar-refractivity contribution is 0.293. The van der Waals surface area contributed by atoms with Crippen molar-refractivity contribution in [2.75, 3.05) is 32.4 Å². The molecular weight excluding hydrogens is 463 g/mol. The molecule has 2 fully saturated rings. The maximum Gasteiger partial charge on any atom is 0.193 e. The Bertz CT molecular complexity index is 576. The Morgan fingerprint density at radius 3 is 2.68 bits per heavy atom. The largest absolute Gasteiger partial charge is 0.356 e. The molecule has 0 unspecified atom stereocenters. The van der Waals surface area contributed by atoms with Crippen LogP contribution in [0.1, 0.15) is 47.7 Å². The first kappa shape index (κ1) is 21.3. The van der Waals surface area contributed by atoms with Crippen LogP contribution in [0.4, 0.5) is 0 Å². The molecule has 7 heteroatoms. The Labute approximate surface area is 177 Å². The molecule has 4 nitrogen and oxygen atoms in total. The molecule has 1 saturated carbocycles. The van der Waals surface area contributed by atoms with Gasteiger partial charge in [0.15, 0.2) is 5.96 Å². The molecule has 142 valence electrons. The first-order chi connectivity index (χ1) is 11.6. The molecule has 25 heavy (non-hydrogen) atoms. The summed E-state index contributed by atoms with van der Waals surface area (Å²) < 4.78 is 0.486. The molecule has 2 heterocycles. The lowest BCUT2D eigenvalue weighted by Crippen LogP contribution is -2.53. The lowest BCUT2D eigenvalue weighted by atomic mass is 9.87. The van der Waals surface area contributed by atoms with Crippen LogP contribution in [-0.4, -0.2) is 53.0 Å². The summed E-state index contributed by atoms with van der Waals surface area (Å²) in [6.07, 6.45) is 8.01. The van der Waals surface area contributed by atoms with E-state index >= 15 is 0 Å². The van der Waals surface area contributed by atoms with Gasteiger partial charge in [0.05, 0.1) is 10.7 Å². The molecule has 0 radical (unpaired) electrons. The van der Waals surface area contributed by atoms with E-state index in [0.717, 1.165) is 32.0 Å². The van der Waals surface area contributed by atoms with Gasteiger partial charge in [-0.2, -0.15) is 11.8 Å². The van der Waals surface area contributed by atoms with Crippen molar-refractivity contribution in [3.8, 4) is 0 Å². The number of nitrogens with one attached hydrogen (secondary N) is 1. The van der Waals surface area contributed by atoms with Crippen LogP contribution in [0.3, 0.4) is 0 Å². The van der Waals surface area contributed by atoms with Crippen LogP contribution in [0, 0.1) is 13.8 Å². The molecule has 1 aromatic heterocycles. The molecular formula is C18H31IN4S2. The van der Waals surface area contributed by atoms with E-state index in [1.54, 1.807) is 0 Å². The van der Waals surface area contributed by atoms with Crippen molar-refractivity contribution in [1.29, 1.82) is 0 Å². The van der Waals surface area contributed by atoms with E-state index in [4.69, 9.17) is 0 Å². The number of thiazole rings is 1. The van der Waals surface area contributed by atoms with Gasteiger partial charge in [0.2, 0.25) is 0 Å². The van der Waals surface area contributed by atoms with Crippen LogP contribution in [0.15, 0.2) is 4.99 Å². The second kappa shape index (κ2) is 9.78. The minimum Gasteiger partial charge on any atom is -0.356 e. The first-order valence-electron chi connectivity index (χ1n) is 9.14. The van der Waals surface area contributed by atoms with E-state index in [1.165, 1.54) is 53.4 Å². The van der Waals surface area contributed by atoms with Crippen molar-refractivity contribution in [2.24, 2.45) is 4.99 Å². The number of aliphatic imine (C=N–C) groups is 1. The summed E-state index contributed by atoms with van der Waals surface area (Å²) in [4.78, 5) is 13.0. The molecule has 0 amide bonds. The van der Waals surface area contributed by atoms with Crippen LogP contribution in [0.5, 0.6) is 0 Å². The van der Waals surface area contributed by atoms with Crippen molar-refractivity contribution < 1.29 is 0 Å². The minimum atomic E-state index is 0. The molecule has 0 atom stereocenters. The Balaban J connectivity index is 0.00000225. The van der Waals surface area contributed by atoms with Gasteiger partial charge in [0.25, 0.3) is 0 Å². The summed E-state index contributed by atoms with van der Waals surface area (Å²) in [5, 5.41) is 4.76. The van der Waals surface area contributed by atoms with Crippen LogP contribution in [0.25, 0.3) is 0 Å². The normalized spacial score (nSPS) is 20.4. The quantitative estimate of drug-likeness (QED) is 0.388. The van der Waals surface area contributed by atoms with E-state index in [2.05, 4.69) is 45.8 Å². The third-order valence-electron chi connectivity index (χ3n) is 5.16. The average Bonchev–Trinajstić information content (AvgIpc) is 2.90. The maximum atomic E-state index is 4.56. The molecule has 1 aromatic rings. The van der Waals surface area contributed by atoms with E-state index in [9.17, 15) is 0 Å². The Morgan fingerprint density at radius 1 is 1.28 bits per heavy atom. The molecule has 1 spiro atoms. The number of rotatable bonds is 3. The number of nitrogens with zero attached hydrogens (tertiary/aromatic N) is 3. The Hall–Kier alpha value is -0.0200. The lowest BCUT2D eigenvalue weighted by Gasteiger charge is -2.45. The van der Waals surface area contributed by atoms with Crippen LogP contribution in [0.2, 0.25) is 0 Å². The summed E-state index contributed by atoms with van der Waals surface area (Å²) in [6, 6.07) is 0. The fourth-order valence-electron chi connectivity index (χ4n) is 3.95. The molecule has 1 saturated heterocycles. The van der Waals surface area contributed by atoms with Gasteiger partial charge in [0, 0.05) is 48.5 Å². The zero-order valence-electron chi connectivity index (χ0n) is 15.6. The second-order valence-corrected chi connectivity index (χ2v) is 9.83. The zero-order chi connectivity index (χ0) is 17.0. The third kappa shape index (κ3) is 5.48. The number of halogens is 1. The van der Waals surface area contributed by atoms with Gasteiger partial charge in [-0.05, 0) is 26.7 Å². The third-order valence-corrected chi connectivity index (χ3v) is 7.83. The maximum absolute atomic E-state index is 4.56. The SMILES string of the molecule is CN=C(NCCc1sc(C)nc1C)N1CCSC2(CCCCC2)C1.I. The summed E-state index contributed by atoms with van der Waals surface area (Å²) >= 11 is 4.03. The number of thioether (sulfide) groups is 1. The summed E-state index contributed by atoms with van der Waals surface area (Å²) in [6.45, 7) is 7.41. The average molecular weight is 495 g/mol. The highest BCUT2D eigenvalue weighted by molar-refractivity contribution is 14.0. The highest BCUT2D eigenvalue weighted by Gasteiger charge is 2.38. The van der Waals surface area contributed by atoms with Crippen LogP contribution < -0.4 is 5.32 Å². The molecule has 0 bridgehead atoms. The van der Waals surface area contributed by atoms with Gasteiger partial charge in [-0.25, -0.2) is 4.98 Å². The van der Waals surface area contributed by atoms with Crippen LogP contribution in [-0.2, 0) is 6.42 Å². The summed E-state index contributed by atoms with van der Waals surface area (Å²) in [5.74, 6) is 2.31. The van der Waals surface area contributed by atoms with Crippen molar-refractivity contribution in [2.45, 2.75) is 57.1 Å². The first-order valence-corrected chi connectivity index (χ1v) is 10.9. The molecule has 3 rings (SSSR count). The Kier molecular flexibility index (Phi) is 8.33. The number of guanidine groups is 1. The monoisotopic (exact) mass is 494 g/mol.